The van der Waals surface area contributed by atoms with Gasteiger partial charge in [-0.2, -0.15) is 0 Å². The van der Waals surface area contributed by atoms with Gasteiger partial charge in [0.25, 0.3) is 5.91 Å². The lowest BCUT2D eigenvalue weighted by Gasteiger charge is -2.09. The van der Waals surface area contributed by atoms with Crippen molar-refractivity contribution in [3.63, 3.8) is 0 Å². The van der Waals surface area contributed by atoms with E-state index >= 15 is 0 Å². The van der Waals surface area contributed by atoms with Gasteiger partial charge < -0.3 is 11.1 Å². The highest BCUT2D eigenvalue weighted by Gasteiger charge is 2.19. The summed E-state index contributed by atoms with van der Waals surface area (Å²) in [7, 11) is 0. The van der Waals surface area contributed by atoms with Crippen molar-refractivity contribution in [3.05, 3.63) is 39.4 Å². The van der Waals surface area contributed by atoms with Gasteiger partial charge in [0.15, 0.2) is 0 Å². The van der Waals surface area contributed by atoms with Crippen LogP contribution in [0.2, 0.25) is 5.02 Å². The normalized spacial score (nSPS) is 10.7. The lowest BCUT2D eigenvalue weighted by molar-refractivity contribution is 0.102. The first-order chi connectivity index (χ1) is 9.90. The molecule has 3 N–H and O–H groups in total. The number of aromatic nitrogens is 2. The van der Waals surface area contributed by atoms with Gasteiger partial charge in [0.1, 0.15) is 9.87 Å². The van der Waals surface area contributed by atoms with Crippen LogP contribution in [0.5, 0.6) is 0 Å². The molecule has 0 spiro atoms. The van der Waals surface area contributed by atoms with Gasteiger partial charge in [-0.15, -0.1) is 5.10 Å². The van der Waals surface area contributed by atoms with Crippen molar-refractivity contribution >= 4 is 51.9 Å². The molecule has 21 heavy (non-hydrogen) atoms. The molecular formula is C13H13ClN4OS2. The van der Waals surface area contributed by atoms with Gasteiger partial charge in [0.05, 0.1) is 16.4 Å². The number of hydrogen-bond donors (Lipinski definition) is 2. The minimum absolute atomic E-state index is 0.122. The molecule has 0 bridgehead atoms. The molecule has 0 aliphatic rings. The van der Waals surface area contributed by atoms with Crippen LogP contribution in [0.3, 0.4) is 0 Å². The number of nitrogens with two attached hydrogens (primary N) is 1. The fourth-order valence-electron chi connectivity index (χ4n) is 1.68. The number of carbonyl (C=O) groups excluding carboxylic acids is 1. The molecule has 0 aliphatic heterocycles. The molecule has 1 amide bonds. The van der Waals surface area contributed by atoms with Crippen molar-refractivity contribution in [3.8, 4) is 0 Å². The predicted molar refractivity (Wildman–Crippen MR) is 89.3 cm³/mol. The Morgan fingerprint density at radius 3 is 2.76 bits per heavy atom. The van der Waals surface area contributed by atoms with E-state index in [9.17, 15) is 4.79 Å². The molecule has 0 aliphatic carbocycles. The van der Waals surface area contributed by atoms with Crippen molar-refractivity contribution < 1.29 is 4.79 Å². The SMILES string of the molecule is CC(C)c1nnsc1C(=O)Nc1ccc(C(N)=S)cc1Cl. The number of halogens is 1. The Labute approximate surface area is 136 Å². The average Bonchev–Trinajstić information content (AvgIpc) is 2.90. The smallest absolute Gasteiger partial charge is 0.269 e. The fourth-order valence-corrected chi connectivity index (χ4v) is 2.75. The molecule has 0 fully saturated rings. The number of rotatable bonds is 4. The average molecular weight is 341 g/mol. The molecule has 0 atom stereocenters. The maximum absolute atomic E-state index is 12.3. The van der Waals surface area contributed by atoms with E-state index in [4.69, 9.17) is 29.6 Å². The van der Waals surface area contributed by atoms with Crippen LogP contribution in [0, 0.1) is 0 Å². The van der Waals surface area contributed by atoms with Gasteiger partial charge in [-0.05, 0) is 35.6 Å². The molecule has 5 nitrogen and oxygen atoms in total. The van der Waals surface area contributed by atoms with Gasteiger partial charge >= 0.3 is 0 Å². The highest BCUT2D eigenvalue weighted by atomic mass is 35.5. The van der Waals surface area contributed by atoms with Gasteiger partial charge in [-0.1, -0.05) is 42.2 Å². The Morgan fingerprint density at radius 1 is 1.48 bits per heavy atom. The number of amides is 1. The van der Waals surface area contributed by atoms with Crippen LogP contribution in [0.1, 0.15) is 40.7 Å². The summed E-state index contributed by atoms with van der Waals surface area (Å²) in [5.41, 5.74) is 7.35. The zero-order valence-electron chi connectivity index (χ0n) is 11.4. The summed E-state index contributed by atoms with van der Waals surface area (Å²) in [6.07, 6.45) is 0. The third-order valence-electron chi connectivity index (χ3n) is 2.77. The highest BCUT2D eigenvalue weighted by molar-refractivity contribution is 7.80. The first-order valence-corrected chi connectivity index (χ1v) is 7.69. The Balaban J connectivity index is 2.24. The molecule has 2 aromatic rings. The molecule has 1 aromatic carbocycles. The Bertz CT molecular complexity index is 699. The van der Waals surface area contributed by atoms with E-state index in [1.54, 1.807) is 18.2 Å². The monoisotopic (exact) mass is 340 g/mol. The third-order valence-corrected chi connectivity index (χ3v) is 4.06. The first-order valence-electron chi connectivity index (χ1n) is 6.13. The van der Waals surface area contributed by atoms with Crippen molar-refractivity contribution in [2.45, 2.75) is 19.8 Å². The van der Waals surface area contributed by atoms with Crippen molar-refractivity contribution in [1.82, 2.24) is 9.59 Å². The number of hydrogen-bond acceptors (Lipinski definition) is 5. The van der Waals surface area contributed by atoms with Crippen LogP contribution in [0.15, 0.2) is 18.2 Å². The second-order valence-corrected chi connectivity index (χ2v) is 6.26. The van der Waals surface area contributed by atoms with Crippen LogP contribution < -0.4 is 11.1 Å². The Kier molecular flexibility index (Phi) is 4.87. The number of carbonyl (C=O) groups is 1. The van der Waals surface area contributed by atoms with Gasteiger partial charge in [0.2, 0.25) is 0 Å². The number of anilines is 1. The van der Waals surface area contributed by atoms with E-state index in [1.165, 1.54) is 0 Å². The maximum atomic E-state index is 12.3. The Morgan fingerprint density at radius 2 is 2.19 bits per heavy atom. The standard InChI is InChI=1S/C13H13ClN4OS2/c1-6(2)10-11(21-18-17-10)13(19)16-9-4-3-7(12(15)20)5-8(9)14/h3-6H,1-2H3,(H2,15,20)(H,16,19). The number of nitrogens with one attached hydrogen (secondary N) is 1. The van der Waals surface area contributed by atoms with Crippen LogP contribution in [-0.4, -0.2) is 20.5 Å². The second-order valence-electron chi connectivity index (χ2n) is 4.66. The van der Waals surface area contributed by atoms with E-state index in [2.05, 4.69) is 14.9 Å². The summed E-state index contributed by atoms with van der Waals surface area (Å²) < 4.78 is 3.83. The minimum atomic E-state index is -0.279. The number of benzene rings is 1. The van der Waals surface area contributed by atoms with Crippen molar-refractivity contribution in [2.75, 3.05) is 5.32 Å². The summed E-state index contributed by atoms with van der Waals surface area (Å²) in [5, 5.41) is 7.10. The lowest BCUT2D eigenvalue weighted by Crippen LogP contribution is -2.14. The zero-order chi connectivity index (χ0) is 15.6. The van der Waals surface area contributed by atoms with E-state index in [0.717, 1.165) is 11.5 Å². The van der Waals surface area contributed by atoms with Crippen LogP contribution in [-0.2, 0) is 0 Å². The third kappa shape index (κ3) is 3.55. The second kappa shape index (κ2) is 6.46. The van der Waals surface area contributed by atoms with Gasteiger partial charge in [0, 0.05) is 5.56 Å². The highest BCUT2D eigenvalue weighted by Crippen LogP contribution is 2.26. The topological polar surface area (TPSA) is 80.9 Å². The van der Waals surface area contributed by atoms with Crippen molar-refractivity contribution in [2.24, 2.45) is 5.73 Å². The molecule has 0 unspecified atom stereocenters. The van der Waals surface area contributed by atoms with Crippen molar-refractivity contribution in [1.29, 1.82) is 0 Å². The molecule has 2 rings (SSSR count). The number of nitrogens with zero attached hydrogens (tertiary/aromatic N) is 2. The van der Waals surface area contributed by atoms with Gasteiger partial charge in [-0.25, -0.2) is 0 Å². The maximum Gasteiger partial charge on any atom is 0.269 e. The molecule has 110 valence electrons. The van der Waals surface area contributed by atoms with Gasteiger partial charge in [-0.3, -0.25) is 4.79 Å². The Hall–Kier alpha value is -1.57. The molecule has 0 radical (unpaired) electrons. The van der Waals surface area contributed by atoms with E-state index in [-0.39, 0.29) is 16.8 Å². The van der Waals surface area contributed by atoms with E-state index < -0.39 is 0 Å². The van der Waals surface area contributed by atoms with Crippen LogP contribution in [0.4, 0.5) is 5.69 Å². The minimum Gasteiger partial charge on any atom is -0.389 e. The summed E-state index contributed by atoms with van der Waals surface area (Å²) in [5.74, 6) is -0.157. The molecule has 1 aromatic heterocycles. The molecule has 0 saturated carbocycles. The molecule has 1 heterocycles. The summed E-state index contributed by atoms with van der Waals surface area (Å²) in [6, 6.07) is 4.99. The van der Waals surface area contributed by atoms with Crippen LogP contribution >= 0.6 is 35.4 Å². The summed E-state index contributed by atoms with van der Waals surface area (Å²) in [4.78, 5) is 13.0. The zero-order valence-corrected chi connectivity index (χ0v) is 13.8. The van der Waals surface area contributed by atoms with E-state index in [0.29, 0.717) is 26.8 Å². The molecule has 0 saturated heterocycles. The summed E-state index contributed by atoms with van der Waals surface area (Å²) >= 11 is 12.1. The summed E-state index contributed by atoms with van der Waals surface area (Å²) in [6.45, 7) is 3.91. The molecule has 8 heteroatoms. The fraction of sp³-hybridized carbons (Fsp3) is 0.231. The largest absolute Gasteiger partial charge is 0.389 e. The molecular weight excluding hydrogens is 328 g/mol. The first kappa shape index (κ1) is 15.8. The quantitative estimate of drug-likeness (QED) is 0.835. The van der Waals surface area contributed by atoms with E-state index in [1.807, 2.05) is 13.8 Å². The lowest BCUT2D eigenvalue weighted by atomic mass is 10.1. The predicted octanol–water partition coefficient (Wildman–Crippen LogP) is 3.20. The van der Waals surface area contributed by atoms with Crippen LogP contribution in [0.25, 0.3) is 0 Å². The number of thiocarbonyl (C=S) groups is 1.